The maximum Gasteiger partial charge on any atom is 0.408 e. The van der Waals surface area contributed by atoms with Gasteiger partial charge in [0.25, 0.3) is 0 Å². The van der Waals surface area contributed by atoms with Gasteiger partial charge in [0.15, 0.2) is 9.84 Å². The number of ether oxygens (including phenoxy) is 1. The molecule has 2 rings (SSSR count). The molecule has 0 unspecified atom stereocenters. The summed E-state index contributed by atoms with van der Waals surface area (Å²) in [5.41, 5.74) is -0.664. The summed E-state index contributed by atoms with van der Waals surface area (Å²) >= 11 is 4.70. The second-order valence-corrected chi connectivity index (χ2v) is 11.1. The number of amides is 1. The van der Waals surface area contributed by atoms with Crippen LogP contribution in [0.15, 0.2) is 9.98 Å². The summed E-state index contributed by atoms with van der Waals surface area (Å²) in [5.74, 6) is 0.0846. The second-order valence-electron chi connectivity index (χ2n) is 7.08. The Hall–Kier alpha value is -0.750. The van der Waals surface area contributed by atoms with Crippen LogP contribution < -0.4 is 5.32 Å². The minimum atomic E-state index is -3.05. The average Bonchev–Trinajstić information content (AvgIpc) is 2.92. The highest BCUT2D eigenvalue weighted by molar-refractivity contribution is 9.10. The van der Waals surface area contributed by atoms with Gasteiger partial charge in [-0.25, -0.2) is 18.2 Å². The standard InChI is InChI=1S/C15H24BrN3O5S2/c1-15(2,3)24-14(21)17-10(8-20)12(13-18-11(16)9-25-13)19-4-6-26(22,23)7-5-19/h9-10,12,20H,4-8H2,1-3H3,(H,17,21)/t10-,12+/m1/s1. The smallest absolute Gasteiger partial charge is 0.408 e. The van der Waals surface area contributed by atoms with Gasteiger partial charge in [0, 0.05) is 18.5 Å². The van der Waals surface area contributed by atoms with Gasteiger partial charge in [0.2, 0.25) is 0 Å². The average molecular weight is 470 g/mol. The maximum atomic E-state index is 12.2. The number of hydrogen-bond acceptors (Lipinski definition) is 8. The van der Waals surface area contributed by atoms with E-state index in [0.29, 0.717) is 22.7 Å². The fourth-order valence-corrected chi connectivity index (χ4v) is 5.37. The lowest BCUT2D eigenvalue weighted by molar-refractivity contribution is 0.0412. The van der Waals surface area contributed by atoms with Gasteiger partial charge in [-0.1, -0.05) is 0 Å². The Labute approximate surface area is 166 Å². The molecule has 0 saturated carbocycles. The first-order valence-electron chi connectivity index (χ1n) is 8.16. The Bertz CT molecular complexity index is 718. The van der Waals surface area contributed by atoms with Crippen molar-refractivity contribution in [3.05, 3.63) is 15.0 Å². The number of carbonyl (C=O) groups excluding carboxylic acids is 1. The van der Waals surface area contributed by atoms with Crippen molar-refractivity contribution in [1.82, 2.24) is 15.2 Å². The minimum absolute atomic E-state index is 0.0423. The molecule has 1 aromatic heterocycles. The lowest BCUT2D eigenvalue weighted by Gasteiger charge is -2.37. The number of aliphatic hydroxyl groups excluding tert-OH is 1. The highest BCUT2D eigenvalue weighted by Crippen LogP contribution is 2.30. The van der Waals surface area contributed by atoms with E-state index in [0.717, 1.165) is 0 Å². The van der Waals surface area contributed by atoms with Crippen LogP contribution in [0.2, 0.25) is 0 Å². The van der Waals surface area contributed by atoms with Crippen LogP contribution in [0.25, 0.3) is 0 Å². The summed E-state index contributed by atoms with van der Waals surface area (Å²) in [4.78, 5) is 18.5. The number of nitrogens with one attached hydrogen (secondary N) is 1. The van der Waals surface area contributed by atoms with Crippen LogP contribution in [-0.2, 0) is 14.6 Å². The summed E-state index contributed by atoms with van der Waals surface area (Å²) in [6, 6.07) is -1.12. The number of hydrogen-bond donors (Lipinski definition) is 2. The number of halogens is 1. The van der Waals surface area contributed by atoms with Gasteiger partial charge in [-0.2, -0.15) is 0 Å². The Morgan fingerprint density at radius 3 is 2.54 bits per heavy atom. The molecule has 2 N–H and O–H groups in total. The van der Waals surface area contributed by atoms with E-state index in [9.17, 15) is 18.3 Å². The van der Waals surface area contributed by atoms with E-state index in [2.05, 4.69) is 26.2 Å². The van der Waals surface area contributed by atoms with Gasteiger partial charge in [-0.15, -0.1) is 11.3 Å². The molecule has 1 saturated heterocycles. The number of sulfone groups is 1. The predicted molar refractivity (Wildman–Crippen MR) is 103 cm³/mol. The molecule has 1 aliphatic heterocycles. The predicted octanol–water partition coefficient (Wildman–Crippen LogP) is 1.56. The van der Waals surface area contributed by atoms with Crippen LogP contribution in [0.3, 0.4) is 0 Å². The van der Waals surface area contributed by atoms with Crippen molar-refractivity contribution in [2.45, 2.75) is 38.5 Å². The maximum absolute atomic E-state index is 12.2. The SMILES string of the molecule is CC(C)(C)OC(=O)N[C@H](CO)[C@@H](c1nc(Br)cs1)N1CCS(=O)(=O)CC1. The molecule has 0 aliphatic carbocycles. The zero-order valence-corrected chi connectivity index (χ0v) is 18.2. The van der Waals surface area contributed by atoms with Crippen LogP contribution in [0.1, 0.15) is 31.8 Å². The summed E-state index contributed by atoms with van der Waals surface area (Å²) in [6.45, 7) is 5.57. The lowest BCUT2D eigenvalue weighted by atomic mass is 10.1. The third-order valence-corrected chi connectivity index (χ3v) is 7.03. The van der Waals surface area contributed by atoms with Gasteiger partial charge in [0.05, 0.1) is 30.2 Å². The highest BCUT2D eigenvalue weighted by Gasteiger charge is 2.36. The third kappa shape index (κ3) is 6.15. The van der Waals surface area contributed by atoms with E-state index in [1.54, 1.807) is 20.8 Å². The van der Waals surface area contributed by atoms with Crippen molar-refractivity contribution in [1.29, 1.82) is 0 Å². The molecule has 1 aromatic rings. The molecule has 8 nitrogen and oxygen atoms in total. The Morgan fingerprint density at radius 2 is 2.08 bits per heavy atom. The van der Waals surface area contributed by atoms with Crippen molar-refractivity contribution in [3.63, 3.8) is 0 Å². The van der Waals surface area contributed by atoms with E-state index in [1.165, 1.54) is 11.3 Å². The minimum Gasteiger partial charge on any atom is -0.444 e. The highest BCUT2D eigenvalue weighted by atomic mass is 79.9. The van der Waals surface area contributed by atoms with E-state index in [4.69, 9.17) is 4.74 Å². The first kappa shape index (κ1) is 21.5. The number of alkyl carbamates (subject to hydrolysis) is 1. The van der Waals surface area contributed by atoms with Gasteiger partial charge in [0.1, 0.15) is 15.2 Å². The lowest BCUT2D eigenvalue weighted by Crippen LogP contribution is -2.52. The number of aromatic nitrogens is 1. The molecule has 0 radical (unpaired) electrons. The molecule has 1 aliphatic rings. The van der Waals surface area contributed by atoms with E-state index < -0.39 is 33.6 Å². The fourth-order valence-electron chi connectivity index (χ4n) is 2.67. The van der Waals surface area contributed by atoms with Crippen LogP contribution in [-0.4, -0.2) is 72.3 Å². The molecule has 11 heteroatoms. The van der Waals surface area contributed by atoms with Crippen LogP contribution in [0, 0.1) is 0 Å². The van der Waals surface area contributed by atoms with E-state index >= 15 is 0 Å². The molecular weight excluding hydrogens is 446 g/mol. The molecule has 0 aromatic carbocycles. The Kier molecular flexibility index (Phi) is 7.05. The summed E-state index contributed by atoms with van der Waals surface area (Å²) < 4.78 is 29.4. The first-order valence-corrected chi connectivity index (χ1v) is 11.7. The summed E-state index contributed by atoms with van der Waals surface area (Å²) in [5, 5.41) is 15.1. The molecular formula is C15H24BrN3O5S2. The van der Waals surface area contributed by atoms with Crippen molar-refractivity contribution < 1.29 is 23.1 Å². The van der Waals surface area contributed by atoms with E-state index in [-0.39, 0.29) is 18.1 Å². The molecule has 148 valence electrons. The van der Waals surface area contributed by atoms with Crippen LogP contribution in [0.4, 0.5) is 4.79 Å². The zero-order chi connectivity index (χ0) is 19.5. The number of thiazole rings is 1. The van der Waals surface area contributed by atoms with Gasteiger partial charge in [-0.3, -0.25) is 4.90 Å². The van der Waals surface area contributed by atoms with E-state index in [1.807, 2.05) is 10.3 Å². The van der Waals surface area contributed by atoms with Crippen LogP contribution >= 0.6 is 27.3 Å². The molecule has 0 bridgehead atoms. The molecule has 1 fully saturated rings. The van der Waals surface area contributed by atoms with Gasteiger partial charge >= 0.3 is 6.09 Å². The summed E-state index contributed by atoms with van der Waals surface area (Å²) in [6.07, 6.45) is -0.637. The van der Waals surface area contributed by atoms with Crippen molar-refractivity contribution in [2.75, 3.05) is 31.2 Å². The van der Waals surface area contributed by atoms with Crippen LogP contribution in [0.5, 0.6) is 0 Å². The van der Waals surface area contributed by atoms with Crippen molar-refractivity contribution in [3.8, 4) is 0 Å². The summed E-state index contributed by atoms with van der Waals surface area (Å²) in [7, 11) is -3.05. The third-order valence-electron chi connectivity index (χ3n) is 3.80. The molecule has 26 heavy (non-hydrogen) atoms. The Morgan fingerprint density at radius 1 is 1.46 bits per heavy atom. The number of rotatable bonds is 5. The fraction of sp³-hybridized carbons (Fsp3) is 0.733. The van der Waals surface area contributed by atoms with Gasteiger partial charge in [-0.05, 0) is 36.7 Å². The number of nitrogens with zero attached hydrogens (tertiary/aromatic N) is 2. The number of aliphatic hydroxyl groups is 1. The topological polar surface area (TPSA) is 109 Å². The van der Waals surface area contributed by atoms with Gasteiger partial charge < -0.3 is 15.2 Å². The molecule has 0 spiro atoms. The number of carbonyl (C=O) groups is 1. The molecule has 2 heterocycles. The zero-order valence-electron chi connectivity index (χ0n) is 14.9. The second kappa shape index (κ2) is 8.51. The normalized spacial score (nSPS) is 20.3. The van der Waals surface area contributed by atoms with Crippen molar-refractivity contribution in [2.24, 2.45) is 0 Å². The van der Waals surface area contributed by atoms with Crippen molar-refractivity contribution >= 4 is 43.2 Å². The molecule has 1 amide bonds. The quantitative estimate of drug-likeness (QED) is 0.673. The largest absolute Gasteiger partial charge is 0.444 e. The molecule has 2 atom stereocenters. The Balaban J connectivity index is 2.22. The monoisotopic (exact) mass is 469 g/mol. The first-order chi connectivity index (χ1) is 12.0.